The number of nitrogens with zero attached hydrogens (tertiary/aromatic N) is 2. The molecule has 5 heteroatoms. The number of amides is 1. The summed E-state index contributed by atoms with van der Waals surface area (Å²) in [4.78, 5) is 25.8. The number of aromatic nitrogens is 1. The number of hydrogen-bond donors (Lipinski definition) is 0. The van der Waals surface area contributed by atoms with Crippen LogP contribution in [0.25, 0.3) is 0 Å². The number of rotatable bonds is 2. The molecule has 2 atom stereocenters. The van der Waals surface area contributed by atoms with Crippen molar-refractivity contribution in [2.45, 2.75) is 25.3 Å². The first kappa shape index (κ1) is 12.7. The molecular weight excluding hydrogens is 264 g/mol. The van der Waals surface area contributed by atoms with Crippen LogP contribution in [0.1, 0.15) is 24.5 Å². The van der Waals surface area contributed by atoms with Crippen LogP contribution in [-0.2, 0) is 11.3 Å². The highest BCUT2D eigenvalue weighted by Gasteiger charge is 2.35. The van der Waals surface area contributed by atoms with E-state index in [1.54, 1.807) is 6.07 Å². The van der Waals surface area contributed by atoms with E-state index in [9.17, 15) is 9.59 Å². The van der Waals surface area contributed by atoms with Crippen molar-refractivity contribution in [3.05, 3.63) is 34.2 Å². The van der Waals surface area contributed by atoms with Gasteiger partial charge in [0.05, 0.1) is 0 Å². The molecule has 1 saturated heterocycles. The van der Waals surface area contributed by atoms with E-state index >= 15 is 0 Å². The minimum Gasteiger partial charge on any atom is -0.342 e. The lowest BCUT2D eigenvalue weighted by Crippen LogP contribution is -2.49. The van der Waals surface area contributed by atoms with Gasteiger partial charge in [-0.1, -0.05) is 6.07 Å². The summed E-state index contributed by atoms with van der Waals surface area (Å²) in [6.07, 6.45) is 1.48. The van der Waals surface area contributed by atoms with Gasteiger partial charge in [-0.3, -0.25) is 9.59 Å². The zero-order valence-corrected chi connectivity index (χ0v) is 11.5. The molecule has 4 nitrogen and oxygen atoms in total. The second-order valence-electron chi connectivity index (χ2n) is 5.44. The maximum absolute atomic E-state index is 12.0. The molecule has 3 rings (SSSR count). The van der Waals surface area contributed by atoms with Crippen LogP contribution in [0.4, 0.5) is 0 Å². The number of hydrogen-bond acceptors (Lipinski definition) is 2. The summed E-state index contributed by atoms with van der Waals surface area (Å²) in [6.45, 7) is 2.21. The lowest BCUT2D eigenvalue weighted by molar-refractivity contribution is -0.133. The van der Waals surface area contributed by atoms with E-state index in [2.05, 4.69) is 0 Å². The Morgan fingerprint density at radius 1 is 1.32 bits per heavy atom. The maximum Gasteiger partial charge on any atom is 0.250 e. The summed E-state index contributed by atoms with van der Waals surface area (Å²) >= 11 is 5.65. The van der Waals surface area contributed by atoms with E-state index in [4.69, 9.17) is 11.6 Å². The van der Waals surface area contributed by atoms with Crippen LogP contribution in [0.5, 0.6) is 0 Å². The first-order valence-electron chi connectivity index (χ1n) is 6.72. The van der Waals surface area contributed by atoms with Gasteiger partial charge < -0.3 is 9.47 Å². The summed E-state index contributed by atoms with van der Waals surface area (Å²) in [5.74, 6) is 1.20. The zero-order valence-electron chi connectivity index (χ0n) is 10.7. The second-order valence-corrected chi connectivity index (χ2v) is 5.81. The molecule has 1 fully saturated rings. The van der Waals surface area contributed by atoms with Crippen molar-refractivity contribution in [3.8, 4) is 0 Å². The van der Waals surface area contributed by atoms with Crippen LogP contribution in [0.15, 0.2) is 23.0 Å². The fourth-order valence-corrected chi connectivity index (χ4v) is 3.50. The molecule has 102 valence electrons. The van der Waals surface area contributed by atoms with E-state index in [1.807, 2.05) is 21.6 Å². The molecule has 0 aliphatic carbocycles. The fraction of sp³-hybridized carbons (Fsp3) is 0.571. The van der Waals surface area contributed by atoms with Crippen molar-refractivity contribution >= 4 is 17.5 Å². The van der Waals surface area contributed by atoms with Gasteiger partial charge >= 0.3 is 0 Å². The maximum atomic E-state index is 12.0. The predicted molar refractivity (Wildman–Crippen MR) is 73.5 cm³/mol. The Morgan fingerprint density at radius 3 is 2.95 bits per heavy atom. The Bertz CT molecular complexity index is 555. The molecule has 1 aromatic rings. The number of halogens is 1. The van der Waals surface area contributed by atoms with Crippen molar-refractivity contribution in [1.82, 2.24) is 9.47 Å². The molecule has 0 saturated carbocycles. The topological polar surface area (TPSA) is 42.3 Å². The normalized spacial score (nSPS) is 25.0. The molecule has 1 aromatic heterocycles. The van der Waals surface area contributed by atoms with Gasteiger partial charge in [0.2, 0.25) is 5.91 Å². The van der Waals surface area contributed by atoms with E-state index in [0.29, 0.717) is 24.1 Å². The van der Waals surface area contributed by atoms with E-state index in [0.717, 1.165) is 31.7 Å². The number of pyridine rings is 1. The van der Waals surface area contributed by atoms with Crippen LogP contribution < -0.4 is 5.56 Å². The molecule has 2 aliphatic rings. The third-order valence-electron chi connectivity index (χ3n) is 4.14. The van der Waals surface area contributed by atoms with Crippen molar-refractivity contribution in [2.75, 3.05) is 19.0 Å². The van der Waals surface area contributed by atoms with Crippen molar-refractivity contribution in [2.24, 2.45) is 5.92 Å². The lowest BCUT2D eigenvalue weighted by atomic mass is 9.83. The minimum atomic E-state index is 0.0766. The standard InChI is InChI=1S/C14H17ClN2O2/c15-5-4-13(18)16-7-10-6-11(9-16)12-2-1-3-14(19)17(12)8-10/h1-3,10-11H,4-9H2. The second kappa shape index (κ2) is 5.00. The fourth-order valence-electron chi connectivity index (χ4n) is 3.34. The van der Waals surface area contributed by atoms with Crippen LogP contribution in [0.3, 0.4) is 0 Å². The lowest BCUT2D eigenvalue weighted by Gasteiger charge is -2.42. The number of carbonyl (C=O) groups is 1. The van der Waals surface area contributed by atoms with Crippen LogP contribution in [0.2, 0.25) is 0 Å². The van der Waals surface area contributed by atoms with Gasteiger partial charge in [-0.05, 0) is 18.4 Å². The quantitative estimate of drug-likeness (QED) is 0.769. The minimum absolute atomic E-state index is 0.0766. The predicted octanol–water partition coefficient (Wildman–Crippen LogP) is 1.42. The van der Waals surface area contributed by atoms with Crippen molar-refractivity contribution in [1.29, 1.82) is 0 Å². The summed E-state index contributed by atoms with van der Waals surface area (Å²) in [5, 5.41) is 0. The van der Waals surface area contributed by atoms with Crippen molar-refractivity contribution in [3.63, 3.8) is 0 Å². The van der Waals surface area contributed by atoms with Gasteiger partial charge in [0, 0.05) is 49.6 Å². The van der Waals surface area contributed by atoms with E-state index in [-0.39, 0.29) is 11.5 Å². The molecule has 3 heterocycles. The average Bonchev–Trinajstić information content (AvgIpc) is 2.40. The van der Waals surface area contributed by atoms with Gasteiger partial charge in [0.25, 0.3) is 5.56 Å². The summed E-state index contributed by atoms with van der Waals surface area (Å²) in [5.41, 5.74) is 1.15. The highest BCUT2D eigenvalue weighted by atomic mass is 35.5. The van der Waals surface area contributed by atoms with Gasteiger partial charge in [-0.2, -0.15) is 0 Å². The summed E-state index contributed by atoms with van der Waals surface area (Å²) in [6, 6.07) is 5.44. The molecule has 1 amide bonds. The number of carbonyl (C=O) groups excluding carboxylic acids is 1. The first-order valence-corrected chi connectivity index (χ1v) is 7.26. The monoisotopic (exact) mass is 280 g/mol. The zero-order chi connectivity index (χ0) is 13.4. The third-order valence-corrected chi connectivity index (χ3v) is 4.33. The summed E-state index contributed by atoms with van der Waals surface area (Å²) in [7, 11) is 0. The van der Waals surface area contributed by atoms with Gasteiger partial charge in [-0.25, -0.2) is 0 Å². The van der Waals surface area contributed by atoms with E-state index in [1.165, 1.54) is 0 Å². The Kier molecular flexibility index (Phi) is 3.35. The molecule has 0 spiro atoms. The van der Waals surface area contributed by atoms with Gasteiger partial charge in [0.15, 0.2) is 0 Å². The number of alkyl halides is 1. The number of fused-ring (bicyclic) bond motifs is 4. The summed E-state index contributed by atoms with van der Waals surface area (Å²) < 4.78 is 1.88. The van der Waals surface area contributed by atoms with Crippen LogP contribution >= 0.6 is 11.6 Å². The Balaban J connectivity index is 1.88. The third kappa shape index (κ3) is 2.29. The Morgan fingerprint density at radius 2 is 2.16 bits per heavy atom. The molecular formula is C14H17ClN2O2. The largest absolute Gasteiger partial charge is 0.342 e. The molecule has 2 unspecified atom stereocenters. The molecule has 19 heavy (non-hydrogen) atoms. The average molecular weight is 281 g/mol. The highest BCUT2D eigenvalue weighted by molar-refractivity contribution is 6.18. The molecule has 2 aliphatic heterocycles. The molecule has 0 N–H and O–H groups in total. The molecule has 0 radical (unpaired) electrons. The van der Waals surface area contributed by atoms with Crippen LogP contribution in [0, 0.1) is 5.92 Å². The van der Waals surface area contributed by atoms with Gasteiger partial charge in [-0.15, -0.1) is 11.6 Å². The van der Waals surface area contributed by atoms with E-state index < -0.39 is 0 Å². The molecule has 2 bridgehead atoms. The highest BCUT2D eigenvalue weighted by Crippen LogP contribution is 2.35. The number of likely N-dealkylation sites (tertiary alicyclic amines) is 1. The first-order chi connectivity index (χ1) is 9.19. The number of piperidine rings is 1. The van der Waals surface area contributed by atoms with Crippen LogP contribution in [-0.4, -0.2) is 34.3 Å². The SMILES string of the molecule is O=C(CCCl)N1CC2CC(C1)c1cccc(=O)n1C2. The Hall–Kier alpha value is -1.29. The Labute approximate surface area is 117 Å². The molecule has 0 aromatic carbocycles. The van der Waals surface area contributed by atoms with Crippen molar-refractivity contribution < 1.29 is 4.79 Å². The smallest absolute Gasteiger partial charge is 0.250 e. The van der Waals surface area contributed by atoms with Gasteiger partial charge in [0.1, 0.15) is 0 Å².